The number of H-pyrrole nitrogens is 1. The number of hydrogen-bond acceptors (Lipinski definition) is 5. The minimum absolute atomic E-state index is 0.245. The maximum atomic E-state index is 11.8. The topological polar surface area (TPSA) is 67.0 Å². The number of aromatic nitrogens is 2. The van der Waals surface area contributed by atoms with Gasteiger partial charge in [-0.25, -0.2) is 4.98 Å². The number of aromatic amines is 1. The second kappa shape index (κ2) is 6.49. The van der Waals surface area contributed by atoms with Crippen molar-refractivity contribution >= 4 is 28.8 Å². The highest BCUT2D eigenvalue weighted by Gasteiger charge is 2.32. The standard InChI is InChI=1S/C15H21N3O2S/c1-10-5-6-11-12(9-10)18-14(17-11)21-8-7-15(2,16-3)13(19)20-4/h5-6,9,16H,7-8H2,1-4H3,(H,17,18). The molecule has 1 heterocycles. The van der Waals surface area contributed by atoms with E-state index in [1.807, 2.05) is 19.1 Å². The second-order valence-electron chi connectivity index (χ2n) is 5.23. The minimum Gasteiger partial charge on any atom is -0.468 e. The molecule has 0 aliphatic rings. The van der Waals surface area contributed by atoms with Gasteiger partial charge in [0.15, 0.2) is 5.16 Å². The Kier molecular flexibility index (Phi) is 4.90. The van der Waals surface area contributed by atoms with E-state index < -0.39 is 5.54 Å². The third-order valence-corrected chi connectivity index (χ3v) is 4.52. The van der Waals surface area contributed by atoms with Crippen molar-refractivity contribution in [3.05, 3.63) is 23.8 Å². The SMILES string of the molecule is CNC(C)(CCSc1nc2ccc(C)cc2[nH]1)C(=O)OC. The van der Waals surface area contributed by atoms with Crippen LogP contribution in [0.15, 0.2) is 23.4 Å². The van der Waals surface area contributed by atoms with E-state index in [4.69, 9.17) is 4.74 Å². The fourth-order valence-corrected chi connectivity index (χ4v) is 3.12. The molecule has 6 heteroatoms. The lowest BCUT2D eigenvalue weighted by Gasteiger charge is -2.25. The molecule has 0 aliphatic carbocycles. The number of hydrogen-bond donors (Lipinski definition) is 2. The predicted octanol–water partition coefficient (Wildman–Crippen LogP) is 2.50. The predicted molar refractivity (Wildman–Crippen MR) is 85.7 cm³/mol. The molecule has 1 aromatic carbocycles. The van der Waals surface area contributed by atoms with Gasteiger partial charge >= 0.3 is 5.97 Å². The van der Waals surface area contributed by atoms with Gasteiger partial charge in [-0.3, -0.25) is 4.79 Å². The van der Waals surface area contributed by atoms with Gasteiger partial charge in [0.25, 0.3) is 0 Å². The highest BCUT2D eigenvalue weighted by Crippen LogP contribution is 2.23. The van der Waals surface area contributed by atoms with Crippen LogP contribution in [0, 0.1) is 6.92 Å². The molecule has 0 amide bonds. The summed E-state index contributed by atoms with van der Waals surface area (Å²) < 4.78 is 4.84. The lowest BCUT2D eigenvalue weighted by atomic mass is 10.00. The van der Waals surface area contributed by atoms with Crippen LogP contribution in [0.5, 0.6) is 0 Å². The summed E-state index contributed by atoms with van der Waals surface area (Å²) >= 11 is 1.61. The zero-order valence-corrected chi connectivity index (χ0v) is 13.6. The van der Waals surface area contributed by atoms with Crippen molar-refractivity contribution in [1.29, 1.82) is 0 Å². The highest BCUT2D eigenvalue weighted by molar-refractivity contribution is 7.99. The molecule has 21 heavy (non-hydrogen) atoms. The molecule has 0 aliphatic heterocycles. The number of nitrogens with one attached hydrogen (secondary N) is 2. The summed E-state index contributed by atoms with van der Waals surface area (Å²) in [5, 5.41) is 3.90. The van der Waals surface area contributed by atoms with Gasteiger partial charge in [-0.15, -0.1) is 0 Å². The van der Waals surface area contributed by atoms with Gasteiger partial charge in [-0.05, 0) is 45.0 Å². The number of nitrogens with zero attached hydrogens (tertiary/aromatic N) is 1. The molecular formula is C15H21N3O2S. The number of benzene rings is 1. The van der Waals surface area contributed by atoms with E-state index in [0.717, 1.165) is 21.9 Å². The average molecular weight is 307 g/mol. The minimum atomic E-state index is -0.662. The number of aryl methyl sites for hydroxylation is 1. The summed E-state index contributed by atoms with van der Waals surface area (Å²) in [6, 6.07) is 6.14. The molecule has 1 aromatic heterocycles. The third kappa shape index (κ3) is 3.57. The molecule has 0 spiro atoms. The van der Waals surface area contributed by atoms with E-state index in [1.165, 1.54) is 12.7 Å². The Morgan fingerprint density at radius 2 is 2.29 bits per heavy atom. The van der Waals surface area contributed by atoms with E-state index in [0.29, 0.717) is 6.42 Å². The van der Waals surface area contributed by atoms with E-state index in [9.17, 15) is 4.79 Å². The molecule has 2 aromatic rings. The van der Waals surface area contributed by atoms with Crippen LogP contribution >= 0.6 is 11.8 Å². The van der Waals surface area contributed by atoms with Crippen molar-refractivity contribution in [3.8, 4) is 0 Å². The first kappa shape index (κ1) is 15.9. The Labute approximate surface area is 128 Å². The van der Waals surface area contributed by atoms with Crippen LogP contribution < -0.4 is 5.32 Å². The lowest BCUT2D eigenvalue weighted by molar-refractivity contribution is -0.147. The number of imidazole rings is 1. The molecule has 0 fully saturated rings. The van der Waals surface area contributed by atoms with Gasteiger partial charge in [-0.2, -0.15) is 0 Å². The fraction of sp³-hybridized carbons (Fsp3) is 0.467. The molecule has 2 N–H and O–H groups in total. The van der Waals surface area contributed by atoms with Crippen LogP contribution in [0.1, 0.15) is 18.9 Å². The van der Waals surface area contributed by atoms with Crippen LogP contribution in [-0.4, -0.2) is 41.4 Å². The number of rotatable bonds is 6. The number of methoxy groups -OCH3 is 1. The Morgan fingerprint density at radius 1 is 1.52 bits per heavy atom. The number of esters is 1. The number of thioether (sulfide) groups is 1. The molecule has 1 atom stereocenters. The zero-order valence-electron chi connectivity index (χ0n) is 12.8. The van der Waals surface area contributed by atoms with Gasteiger partial charge in [0, 0.05) is 5.75 Å². The lowest BCUT2D eigenvalue weighted by Crippen LogP contribution is -2.48. The van der Waals surface area contributed by atoms with Crippen molar-refractivity contribution in [2.45, 2.75) is 31.0 Å². The Morgan fingerprint density at radius 3 is 2.95 bits per heavy atom. The molecule has 2 rings (SSSR count). The summed E-state index contributed by atoms with van der Waals surface area (Å²) in [6.07, 6.45) is 0.664. The molecule has 0 saturated carbocycles. The Bertz CT molecular complexity index is 641. The van der Waals surface area contributed by atoms with Gasteiger partial charge in [0.2, 0.25) is 0 Å². The van der Waals surface area contributed by atoms with Crippen LogP contribution in [0.2, 0.25) is 0 Å². The summed E-state index contributed by atoms with van der Waals surface area (Å²) in [4.78, 5) is 19.6. The average Bonchev–Trinajstić information content (AvgIpc) is 2.87. The van der Waals surface area contributed by atoms with Crippen LogP contribution in [0.4, 0.5) is 0 Å². The van der Waals surface area contributed by atoms with Gasteiger partial charge in [0.05, 0.1) is 18.1 Å². The van der Waals surface area contributed by atoms with Crippen molar-refractivity contribution in [1.82, 2.24) is 15.3 Å². The normalized spacial score (nSPS) is 14.1. The van der Waals surface area contributed by atoms with Crippen molar-refractivity contribution in [2.24, 2.45) is 0 Å². The first-order valence-electron chi connectivity index (χ1n) is 6.85. The first-order chi connectivity index (χ1) is 9.98. The van der Waals surface area contributed by atoms with Gasteiger partial charge in [-0.1, -0.05) is 17.8 Å². The van der Waals surface area contributed by atoms with E-state index >= 15 is 0 Å². The monoisotopic (exact) mass is 307 g/mol. The van der Waals surface area contributed by atoms with E-state index in [1.54, 1.807) is 18.8 Å². The highest BCUT2D eigenvalue weighted by atomic mass is 32.2. The van der Waals surface area contributed by atoms with Crippen LogP contribution in [0.3, 0.4) is 0 Å². The smallest absolute Gasteiger partial charge is 0.325 e. The quantitative estimate of drug-likeness (QED) is 0.634. The van der Waals surface area contributed by atoms with Crippen LogP contribution in [-0.2, 0) is 9.53 Å². The molecule has 5 nitrogen and oxygen atoms in total. The molecular weight excluding hydrogens is 286 g/mol. The number of carbonyl (C=O) groups is 1. The van der Waals surface area contributed by atoms with E-state index in [2.05, 4.69) is 28.3 Å². The summed E-state index contributed by atoms with van der Waals surface area (Å²) in [7, 11) is 3.18. The summed E-state index contributed by atoms with van der Waals surface area (Å²) in [5.41, 5.74) is 2.55. The third-order valence-electron chi connectivity index (χ3n) is 3.64. The van der Waals surface area contributed by atoms with Crippen molar-refractivity contribution in [3.63, 3.8) is 0 Å². The first-order valence-corrected chi connectivity index (χ1v) is 7.83. The zero-order chi connectivity index (χ0) is 15.5. The second-order valence-corrected chi connectivity index (χ2v) is 6.32. The van der Waals surface area contributed by atoms with Crippen LogP contribution in [0.25, 0.3) is 11.0 Å². The molecule has 0 radical (unpaired) electrons. The maximum absolute atomic E-state index is 11.8. The number of likely N-dealkylation sites (N-methyl/N-ethyl adjacent to an activating group) is 1. The van der Waals surface area contributed by atoms with Gasteiger partial charge < -0.3 is 15.0 Å². The number of fused-ring (bicyclic) bond motifs is 1. The molecule has 0 bridgehead atoms. The maximum Gasteiger partial charge on any atom is 0.325 e. The number of ether oxygens (including phenoxy) is 1. The molecule has 114 valence electrons. The van der Waals surface area contributed by atoms with Gasteiger partial charge in [0.1, 0.15) is 5.54 Å². The molecule has 1 unspecified atom stereocenters. The molecule has 0 saturated heterocycles. The Hall–Kier alpha value is -1.53. The summed E-state index contributed by atoms with van der Waals surface area (Å²) in [5.74, 6) is 0.524. The summed E-state index contributed by atoms with van der Waals surface area (Å²) in [6.45, 7) is 3.91. The fourth-order valence-electron chi connectivity index (χ4n) is 2.07. The van der Waals surface area contributed by atoms with Crippen molar-refractivity contribution < 1.29 is 9.53 Å². The number of carbonyl (C=O) groups excluding carboxylic acids is 1. The Balaban J connectivity index is 2.00. The van der Waals surface area contributed by atoms with Crippen molar-refractivity contribution in [2.75, 3.05) is 19.9 Å². The van der Waals surface area contributed by atoms with E-state index in [-0.39, 0.29) is 5.97 Å². The largest absolute Gasteiger partial charge is 0.468 e.